The number of hydrogen-bond donors (Lipinski definition) is 3. The van der Waals surface area contributed by atoms with E-state index in [1.54, 1.807) is 6.07 Å². The Kier molecular flexibility index (Phi) is 8.57. The molecule has 0 unspecified atom stereocenters. The number of halogens is 2. The lowest BCUT2D eigenvalue weighted by atomic mass is 10.1. The predicted octanol–water partition coefficient (Wildman–Crippen LogP) is 2.23. The molecule has 6 nitrogen and oxygen atoms in total. The minimum Gasteiger partial charge on any atom is -0.504 e. The van der Waals surface area contributed by atoms with Gasteiger partial charge in [-0.2, -0.15) is 0 Å². The fraction of sp³-hybridized carbons (Fsp3) is 0.632. The lowest BCUT2D eigenvalue weighted by Gasteiger charge is -2.32. The van der Waals surface area contributed by atoms with Crippen LogP contribution in [0.4, 0.5) is 8.78 Å². The first-order valence-corrected chi connectivity index (χ1v) is 9.43. The number of hydrogen-bond acceptors (Lipinski definition) is 4. The van der Waals surface area contributed by atoms with Gasteiger partial charge in [-0.05, 0) is 43.9 Å². The van der Waals surface area contributed by atoms with E-state index in [0.717, 1.165) is 37.3 Å². The molecule has 0 aromatic heterocycles. The molecule has 1 aromatic carbocycles. The summed E-state index contributed by atoms with van der Waals surface area (Å²) in [5, 5.41) is 16.3. The van der Waals surface area contributed by atoms with E-state index in [4.69, 9.17) is 4.74 Å². The van der Waals surface area contributed by atoms with E-state index in [-0.39, 0.29) is 18.3 Å². The van der Waals surface area contributed by atoms with Crippen LogP contribution in [0.25, 0.3) is 0 Å². The van der Waals surface area contributed by atoms with Crippen molar-refractivity contribution in [2.75, 3.05) is 39.8 Å². The van der Waals surface area contributed by atoms with Crippen molar-refractivity contribution in [3.8, 4) is 11.5 Å². The van der Waals surface area contributed by atoms with E-state index < -0.39 is 6.43 Å². The number of piperidine rings is 1. The normalized spacial score (nSPS) is 16.6. The molecule has 1 saturated heterocycles. The van der Waals surface area contributed by atoms with Crippen LogP contribution in [-0.2, 0) is 6.42 Å². The van der Waals surface area contributed by atoms with Gasteiger partial charge < -0.3 is 20.5 Å². The first-order chi connectivity index (χ1) is 13.0. The first kappa shape index (κ1) is 21.2. The Morgan fingerprint density at radius 2 is 2.11 bits per heavy atom. The number of rotatable bonds is 8. The Labute approximate surface area is 159 Å². The van der Waals surface area contributed by atoms with Gasteiger partial charge in [0.05, 0.1) is 13.7 Å². The molecule has 1 fully saturated rings. The molecular formula is C19H30F2N4O2. The van der Waals surface area contributed by atoms with Crippen LogP contribution < -0.4 is 15.4 Å². The van der Waals surface area contributed by atoms with Gasteiger partial charge in [0.25, 0.3) is 6.43 Å². The average molecular weight is 384 g/mol. The van der Waals surface area contributed by atoms with Crippen LogP contribution >= 0.6 is 0 Å². The van der Waals surface area contributed by atoms with Gasteiger partial charge in [-0.15, -0.1) is 0 Å². The summed E-state index contributed by atoms with van der Waals surface area (Å²) in [6, 6.07) is 5.52. The van der Waals surface area contributed by atoms with Gasteiger partial charge in [-0.1, -0.05) is 6.07 Å². The zero-order valence-electron chi connectivity index (χ0n) is 16.0. The number of phenols is 1. The smallest absolute Gasteiger partial charge is 0.251 e. The summed E-state index contributed by atoms with van der Waals surface area (Å²) in [5.41, 5.74) is 1.03. The third-order valence-corrected chi connectivity index (χ3v) is 4.58. The Hall–Kier alpha value is -2.09. The van der Waals surface area contributed by atoms with E-state index in [1.165, 1.54) is 7.11 Å². The molecule has 27 heavy (non-hydrogen) atoms. The minimum atomic E-state index is -2.27. The van der Waals surface area contributed by atoms with Crippen LogP contribution in [0.5, 0.6) is 11.5 Å². The highest BCUT2D eigenvalue weighted by Gasteiger charge is 2.21. The predicted molar refractivity (Wildman–Crippen MR) is 103 cm³/mol. The van der Waals surface area contributed by atoms with Crippen LogP contribution in [0.1, 0.15) is 25.3 Å². The van der Waals surface area contributed by atoms with E-state index in [0.29, 0.717) is 25.4 Å². The van der Waals surface area contributed by atoms with Crippen molar-refractivity contribution in [1.29, 1.82) is 0 Å². The molecule has 0 amide bonds. The average Bonchev–Trinajstić information content (AvgIpc) is 2.64. The van der Waals surface area contributed by atoms with Crippen molar-refractivity contribution in [2.24, 2.45) is 4.99 Å². The number of nitrogens with one attached hydrogen (secondary N) is 2. The van der Waals surface area contributed by atoms with Gasteiger partial charge in [-0.3, -0.25) is 9.89 Å². The van der Waals surface area contributed by atoms with Crippen molar-refractivity contribution in [3.05, 3.63) is 23.8 Å². The van der Waals surface area contributed by atoms with E-state index >= 15 is 0 Å². The van der Waals surface area contributed by atoms with Gasteiger partial charge >= 0.3 is 0 Å². The quantitative estimate of drug-likeness (QED) is 0.474. The topological polar surface area (TPSA) is 69.1 Å². The Balaban J connectivity index is 1.84. The molecular weight excluding hydrogens is 354 g/mol. The van der Waals surface area contributed by atoms with Gasteiger partial charge in [0.1, 0.15) is 0 Å². The summed E-state index contributed by atoms with van der Waals surface area (Å²) in [7, 11) is 1.52. The van der Waals surface area contributed by atoms with E-state index in [1.807, 2.05) is 24.0 Å². The Bertz CT molecular complexity index is 605. The number of benzene rings is 1. The molecule has 0 atom stereocenters. The number of likely N-dealkylation sites (tertiary alicyclic amines) is 1. The van der Waals surface area contributed by atoms with E-state index in [2.05, 4.69) is 15.6 Å². The first-order valence-electron chi connectivity index (χ1n) is 9.43. The standard InChI is InChI=1S/C19H30F2N4O2/c1-3-22-19(24-15-7-10-25(11-8-15)13-18(20)21)23-9-6-14-4-5-16(26)17(12-14)27-2/h4-5,12,15,18,26H,3,6-11,13H2,1-2H3,(H2,22,23,24). The summed E-state index contributed by atoms with van der Waals surface area (Å²) in [6.45, 7) is 4.56. The second-order valence-corrected chi connectivity index (χ2v) is 6.63. The molecule has 3 N–H and O–H groups in total. The largest absolute Gasteiger partial charge is 0.504 e. The lowest BCUT2D eigenvalue weighted by Crippen LogP contribution is -2.49. The molecule has 1 heterocycles. The maximum absolute atomic E-state index is 12.5. The molecule has 0 aliphatic carbocycles. The number of guanidine groups is 1. The fourth-order valence-corrected chi connectivity index (χ4v) is 3.14. The Morgan fingerprint density at radius 1 is 1.37 bits per heavy atom. The zero-order valence-corrected chi connectivity index (χ0v) is 16.0. The number of ether oxygens (including phenoxy) is 1. The van der Waals surface area contributed by atoms with Gasteiger partial charge in [0, 0.05) is 32.2 Å². The monoisotopic (exact) mass is 384 g/mol. The van der Waals surface area contributed by atoms with Gasteiger partial charge in [-0.25, -0.2) is 8.78 Å². The number of alkyl halides is 2. The summed E-state index contributed by atoms with van der Waals surface area (Å²) < 4.78 is 30.1. The fourth-order valence-electron chi connectivity index (χ4n) is 3.14. The molecule has 1 aromatic rings. The summed E-state index contributed by atoms with van der Waals surface area (Å²) in [5.74, 6) is 1.32. The summed E-state index contributed by atoms with van der Waals surface area (Å²) in [6.07, 6.45) is 0.102. The number of phenolic OH excluding ortho intramolecular Hbond substituents is 1. The molecule has 0 saturated carbocycles. The van der Waals surface area contributed by atoms with Crippen molar-refractivity contribution in [3.63, 3.8) is 0 Å². The molecule has 0 bridgehead atoms. The Morgan fingerprint density at radius 3 is 2.74 bits per heavy atom. The molecule has 2 rings (SSSR count). The van der Waals surface area contributed by atoms with Gasteiger partial charge in [0.15, 0.2) is 17.5 Å². The van der Waals surface area contributed by atoms with Crippen molar-refractivity contribution < 1.29 is 18.6 Å². The van der Waals surface area contributed by atoms with Crippen LogP contribution in [0.15, 0.2) is 23.2 Å². The second kappa shape index (κ2) is 10.9. The van der Waals surface area contributed by atoms with Gasteiger partial charge in [0.2, 0.25) is 0 Å². The number of aliphatic imine (C=N–C) groups is 1. The molecule has 1 aliphatic heterocycles. The number of methoxy groups -OCH3 is 1. The van der Waals surface area contributed by atoms with E-state index in [9.17, 15) is 13.9 Å². The molecule has 1 aliphatic rings. The number of aromatic hydroxyl groups is 1. The van der Waals surface area contributed by atoms with Crippen LogP contribution in [0, 0.1) is 0 Å². The van der Waals surface area contributed by atoms with Crippen molar-refractivity contribution in [1.82, 2.24) is 15.5 Å². The summed E-state index contributed by atoms with van der Waals surface area (Å²) >= 11 is 0. The maximum Gasteiger partial charge on any atom is 0.251 e. The second-order valence-electron chi connectivity index (χ2n) is 6.63. The highest BCUT2D eigenvalue weighted by molar-refractivity contribution is 5.80. The third-order valence-electron chi connectivity index (χ3n) is 4.58. The third kappa shape index (κ3) is 7.21. The van der Waals surface area contributed by atoms with Crippen LogP contribution in [0.3, 0.4) is 0 Å². The highest BCUT2D eigenvalue weighted by atomic mass is 19.3. The van der Waals surface area contributed by atoms with Crippen LogP contribution in [0.2, 0.25) is 0 Å². The molecule has 0 radical (unpaired) electrons. The zero-order chi connectivity index (χ0) is 19.6. The lowest BCUT2D eigenvalue weighted by molar-refractivity contribution is 0.0744. The van der Waals surface area contributed by atoms with Crippen molar-refractivity contribution in [2.45, 2.75) is 38.7 Å². The highest BCUT2D eigenvalue weighted by Crippen LogP contribution is 2.26. The molecule has 152 valence electrons. The van der Waals surface area contributed by atoms with Crippen LogP contribution in [-0.4, -0.2) is 68.3 Å². The molecule has 0 spiro atoms. The van der Waals surface area contributed by atoms with Crippen molar-refractivity contribution >= 4 is 5.96 Å². The molecule has 8 heteroatoms. The minimum absolute atomic E-state index is 0.123. The number of nitrogens with zero attached hydrogens (tertiary/aromatic N) is 2. The summed E-state index contributed by atoms with van der Waals surface area (Å²) in [4.78, 5) is 6.42. The maximum atomic E-state index is 12.5. The SMILES string of the molecule is CCNC(=NCCc1ccc(O)c(OC)c1)NC1CCN(CC(F)F)CC1.